The van der Waals surface area contributed by atoms with Gasteiger partial charge < -0.3 is 0 Å². The van der Waals surface area contributed by atoms with Crippen LogP contribution >= 0.6 is 0 Å². The lowest BCUT2D eigenvalue weighted by molar-refractivity contribution is -0.124. The molecular weight excluding hydrogens is 342 g/mol. The highest BCUT2D eigenvalue weighted by Gasteiger charge is 2.15. The Balaban J connectivity index is 2.06. The molecule has 0 aliphatic carbocycles. The van der Waals surface area contributed by atoms with Gasteiger partial charge in [-0.25, -0.2) is 8.42 Å². The summed E-state index contributed by atoms with van der Waals surface area (Å²) in [6.07, 6.45) is 0. The third-order valence-electron chi connectivity index (χ3n) is 3.28. The Kier molecular flexibility index (Phi) is 5.76. The van der Waals surface area contributed by atoms with Gasteiger partial charge in [0.1, 0.15) is 0 Å². The van der Waals surface area contributed by atoms with E-state index >= 15 is 0 Å². The highest BCUT2D eigenvalue weighted by Crippen LogP contribution is 2.16. The number of carbonyl (C=O) groups excluding carboxylic acids is 2. The lowest BCUT2D eigenvalue weighted by atomic mass is 10.2. The number of carbonyl (C=O) groups is 2. The smallest absolute Gasteiger partial charge is 0.269 e. The van der Waals surface area contributed by atoms with Crippen molar-refractivity contribution < 1.29 is 18.0 Å². The first kappa shape index (κ1) is 18.5. The van der Waals surface area contributed by atoms with Crippen molar-refractivity contribution in [2.75, 3.05) is 4.72 Å². The average Bonchev–Trinajstić information content (AvgIpc) is 2.59. The van der Waals surface area contributed by atoms with Crippen LogP contribution < -0.4 is 15.6 Å². The molecule has 0 saturated carbocycles. The van der Waals surface area contributed by atoms with Crippen molar-refractivity contribution in [1.82, 2.24) is 10.9 Å². The summed E-state index contributed by atoms with van der Waals surface area (Å²) in [7, 11) is -3.74. The predicted octanol–water partition coefficient (Wildman–Crippen LogP) is 1.90. The van der Waals surface area contributed by atoms with Crippen molar-refractivity contribution in [3.05, 3.63) is 60.2 Å². The molecule has 0 aliphatic rings. The summed E-state index contributed by atoms with van der Waals surface area (Å²) in [5, 5.41) is 0. The summed E-state index contributed by atoms with van der Waals surface area (Å²) in [6, 6.07) is 13.9. The van der Waals surface area contributed by atoms with Crippen LogP contribution in [0.1, 0.15) is 24.2 Å². The van der Waals surface area contributed by atoms with Gasteiger partial charge in [-0.1, -0.05) is 32.0 Å². The normalized spacial score (nSPS) is 11.0. The Morgan fingerprint density at radius 2 is 1.48 bits per heavy atom. The van der Waals surface area contributed by atoms with Crippen LogP contribution in [0.15, 0.2) is 59.5 Å². The molecule has 25 heavy (non-hydrogen) atoms. The highest BCUT2D eigenvalue weighted by atomic mass is 32.2. The minimum absolute atomic E-state index is 0.0270. The molecule has 7 nitrogen and oxygen atoms in total. The molecule has 0 heterocycles. The number of anilines is 1. The Hall–Kier alpha value is -2.87. The fraction of sp³-hybridized carbons (Fsp3) is 0.176. The SMILES string of the molecule is CC(C)C(=O)NNC(=O)c1ccc(S(=O)(=O)Nc2ccccc2)cc1. The zero-order valence-electron chi connectivity index (χ0n) is 13.8. The van der Waals surface area contributed by atoms with E-state index < -0.39 is 15.9 Å². The first-order valence-corrected chi connectivity index (χ1v) is 9.06. The van der Waals surface area contributed by atoms with Gasteiger partial charge in [0, 0.05) is 17.2 Å². The largest absolute Gasteiger partial charge is 0.280 e. The van der Waals surface area contributed by atoms with Crippen LogP contribution in [0.2, 0.25) is 0 Å². The summed E-state index contributed by atoms with van der Waals surface area (Å²) in [5.41, 5.74) is 5.23. The van der Waals surface area contributed by atoms with Crippen LogP contribution in [0.25, 0.3) is 0 Å². The molecule has 0 atom stereocenters. The van der Waals surface area contributed by atoms with Gasteiger partial charge in [0.15, 0.2) is 0 Å². The number of amides is 2. The van der Waals surface area contributed by atoms with E-state index in [0.717, 1.165) is 0 Å². The van der Waals surface area contributed by atoms with Crippen molar-refractivity contribution in [2.45, 2.75) is 18.7 Å². The van der Waals surface area contributed by atoms with E-state index in [1.165, 1.54) is 24.3 Å². The molecule has 0 radical (unpaired) electrons. The molecule has 2 aromatic carbocycles. The lowest BCUT2D eigenvalue weighted by Gasteiger charge is -2.10. The molecule has 0 aliphatic heterocycles. The van der Waals surface area contributed by atoms with Crippen LogP contribution in [0, 0.1) is 5.92 Å². The standard InChI is InChI=1S/C17H19N3O4S/c1-12(2)16(21)18-19-17(22)13-8-10-15(11-9-13)25(23,24)20-14-6-4-3-5-7-14/h3-12,20H,1-2H3,(H,18,21)(H,19,22). The minimum atomic E-state index is -3.74. The van der Waals surface area contributed by atoms with Crippen LogP contribution in [0.5, 0.6) is 0 Å². The van der Waals surface area contributed by atoms with E-state index in [2.05, 4.69) is 15.6 Å². The van der Waals surface area contributed by atoms with E-state index in [1.807, 2.05) is 0 Å². The van der Waals surface area contributed by atoms with Crippen LogP contribution in [0.3, 0.4) is 0 Å². The predicted molar refractivity (Wildman–Crippen MR) is 94.1 cm³/mol. The Morgan fingerprint density at radius 1 is 0.880 bits per heavy atom. The number of hydrazine groups is 1. The number of hydrogen-bond acceptors (Lipinski definition) is 4. The average molecular weight is 361 g/mol. The van der Waals surface area contributed by atoms with Crippen molar-refractivity contribution in [2.24, 2.45) is 5.92 Å². The Labute approximate surface area is 146 Å². The first-order chi connectivity index (χ1) is 11.8. The van der Waals surface area contributed by atoms with E-state index in [4.69, 9.17) is 0 Å². The van der Waals surface area contributed by atoms with Crippen LogP contribution in [-0.2, 0) is 14.8 Å². The van der Waals surface area contributed by atoms with Gasteiger partial charge in [0.05, 0.1) is 4.90 Å². The second-order valence-corrected chi connectivity index (χ2v) is 7.28. The molecule has 0 fully saturated rings. The highest BCUT2D eigenvalue weighted by molar-refractivity contribution is 7.92. The second kappa shape index (κ2) is 7.80. The summed E-state index contributed by atoms with van der Waals surface area (Å²) in [4.78, 5) is 23.4. The molecule has 0 bridgehead atoms. The molecule has 132 valence electrons. The number of rotatable bonds is 5. The topological polar surface area (TPSA) is 104 Å². The zero-order valence-corrected chi connectivity index (χ0v) is 14.6. The molecule has 0 unspecified atom stereocenters. The van der Waals surface area contributed by atoms with Gasteiger partial charge >= 0.3 is 0 Å². The van der Waals surface area contributed by atoms with Crippen molar-refractivity contribution in [1.29, 1.82) is 0 Å². The second-order valence-electron chi connectivity index (χ2n) is 5.59. The third kappa shape index (κ3) is 5.05. The van der Waals surface area contributed by atoms with Crippen LogP contribution in [0.4, 0.5) is 5.69 Å². The summed E-state index contributed by atoms with van der Waals surface area (Å²) in [5.74, 6) is -1.12. The van der Waals surface area contributed by atoms with E-state index in [1.54, 1.807) is 44.2 Å². The van der Waals surface area contributed by atoms with Gasteiger partial charge in [-0.15, -0.1) is 0 Å². The summed E-state index contributed by atoms with van der Waals surface area (Å²) in [6.45, 7) is 3.39. The maximum absolute atomic E-state index is 12.3. The number of sulfonamides is 1. The van der Waals surface area contributed by atoms with Gasteiger partial charge in [-0.3, -0.25) is 25.2 Å². The van der Waals surface area contributed by atoms with E-state index in [-0.39, 0.29) is 22.3 Å². The number of benzene rings is 2. The minimum Gasteiger partial charge on any atom is -0.280 e. The number of hydrogen-bond donors (Lipinski definition) is 3. The van der Waals surface area contributed by atoms with Gasteiger partial charge in [-0.05, 0) is 36.4 Å². The fourth-order valence-electron chi connectivity index (χ4n) is 1.84. The lowest BCUT2D eigenvalue weighted by Crippen LogP contribution is -2.43. The third-order valence-corrected chi connectivity index (χ3v) is 4.67. The van der Waals surface area contributed by atoms with Gasteiger partial charge in [0.25, 0.3) is 15.9 Å². The van der Waals surface area contributed by atoms with E-state index in [9.17, 15) is 18.0 Å². The number of para-hydroxylation sites is 1. The van der Waals surface area contributed by atoms with Crippen molar-refractivity contribution >= 4 is 27.5 Å². The fourth-order valence-corrected chi connectivity index (χ4v) is 2.90. The van der Waals surface area contributed by atoms with Crippen molar-refractivity contribution in [3.8, 4) is 0 Å². The molecule has 2 aromatic rings. The molecule has 8 heteroatoms. The molecule has 0 spiro atoms. The van der Waals surface area contributed by atoms with Gasteiger partial charge in [-0.2, -0.15) is 0 Å². The quantitative estimate of drug-likeness (QED) is 0.708. The Morgan fingerprint density at radius 3 is 2.04 bits per heavy atom. The number of nitrogens with one attached hydrogen (secondary N) is 3. The molecule has 2 rings (SSSR count). The molecule has 0 aromatic heterocycles. The molecule has 0 saturated heterocycles. The van der Waals surface area contributed by atoms with Crippen LogP contribution in [-0.4, -0.2) is 20.2 Å². The summed E-state index contributed by atoms with van der Waals surface area (Å²) < 4.78 is 27.1. The molecular formula is C17H19N3O4S. The monoisotopic (exact) mass is 361 g/mol. The maximum atomic E-state index is 12.3. The first-order valence-electron chi connectivity index (χ1n) is 7.58. The zero-order chi connectivity index (χ0) is 18.4. The molecule has 2 amide bonds. The Bertz CT molecular complexity index is 847. The van der Waals surface area contributed by atoms with E-state index in [0.29, 0.717) is 5.69 Å². The maximum Gasteiger partial charge on any atom is 0.269 e. The molecule has 3 N–H and O–H groups in total. The van der Waals surface area contributed by atoms with Crippen molar-refractivity contribution in [3.63, 3.8) is 0 Å². The van der Waals surface area contributed by atoms with Gasteiger partial charge in [0.2, 0.25) is 5.91 Å². The summed E-state index contributed by atoms with van der Waals surface area (Å²) >= 11 is 0.